The minimum absolute atomic E-state index is 0.192. The monoisotopic (exact) mass is 226 g/mol. The van der Waals surface area contributed by atoms with Crippen molar-refractivity contribution in [2.45, 2.75) is 31.1 Å². The zero-order valence-electron chi connectivity index (χ0n) is 8.86. The molecule has 83 valence electrons. The highest BCUT2D eigenvalue weighted by Gasteiger charge is 2.12. The molecule has 1 rings (SSSR count). The molecule has 0 saturated heterocycles. The Morgan fingerprint density at radius 2 is 2.07 bits per heavy atom. The lowest BCUT2D eigenvalue weighted by Gasteiger charge is -2.07. The summed E-state index contributed by atoms with van der Waals surface area (Å²) in [5.41, 5.74) is 1.83. The summed E-state index contributed by atoms with van der Waals surface area (Å²) in [7, 11) is -3.62. The molecule has 0 unspecified atom stereocenters. The molecule has 0 fully saturated rings. The van der Waals surface area contributed by atoms with Crippen molar-refractivity contribution in [3.05, 3.63) is 36.2 Å². The maximum atomic E-state index is 11.2. The lowest BCUT2D eigenvalue weighted by molar-refractivity contribution is 0.597. The molecular weight excluding hydrogens is 210 g/mol. The van der Waals surface area contributed by atoms with E-state index in [0.29, 0.717) is 12.0 Å². The summed E-state index contributed by atoms with van der Waals surface area (Å²) in [6.45, 7) is 5.79. The van der Waals surface area contributed by atoms with E-state index in [2.05, 4.69) is 13.8 Å². The number of aryl methyl sites for hydroxylation is 1. The van der Waals surface area contributed by atoms with Gasteiger partial charge in [0.25, 0.3) is 0 Å². The summed E-state index contributed by atoms with van der Waals surface area (Å²) < 4.78 is 22.5. The molecule has 0 aromatic heterocycles. The molecule has 0 aliphatic rings. The first-order chi connectivity index (χ1) is 6.99. The van der Waals surface area contributed by atoms with Crippen molar-refractivity contribution in [2.75, 3.05) is 0 Å². The van der Waals surface area contributed by atoms with E-state index in [-0.39, 0.29) is 4.90 Å². The Morgan fingerprint density at radius 1 is 1.40 bits per heavy atom. The van der Waals surface area contributed by atoms with Crippen LogP contribution in [0.5, 0.6) is 0 Å². The number of hydrogen-bond acceptors (Lipinski definition) is 2. The second-order valence-corrected chi connectivity index (χ2v) is 5.02. The third kappa shape index (κ3) is 3.04. The molecule has 0 aliphatic carbocycles. The topological polar surface area (TPSA) is 60.2 Å². The molecule has 0 spiro atoms. The van der Waals surface area contributed by atoms with Crippen molar-refractivity contribution in [1.29, 1.82) is 0 Å². The molecule has 0 aliphatic heterocycles. The zero-order valence-corrected chi connectivity index (χ0v) is 9.68. The molecular formula is C11H16NO2S. The van der Waals surface area contributed by atoms with Crippen LogP contribution in [0.25, 0.3) is 0 Å². The van der Waals surface area contributed by atoms with Gasteiger partial charge in [-0.05, 0) is 37.0 Å². The molecule has 2 N–H and O–H groups in total. The molecule has 1 radical (unpaired) electrons. The van der Waals surface area contributed by atoms with E-state index in [1.165, 1.54) is 0 Å². The van der Waals surface area contributed by atoms with Gasteiger partial charge in [0.2, 0.25) is 10.0 Å². The van der Waals surface area contributed by atoms with E-state index in [1.807, 2.05) is 12.1 Å². The van der Waals surface area contributed by atoms with E-state index in [9.17, 15) is 8.42 Å². The normalized spacial score (nSPS) is 11.7. The number of rotatable bonds is 4. The van der Waals surface area contributed by atoms with Crippen LogP contribution in [-0.4, -0.2) is 8.42 Å². The molecule has 0 atom stereocenters. The van der Waals surface area contributed by atoms with Crippen LogP contribution in [0.1, 0.15) is 24.5 Å². The van der Waals surface area contributed by atoms with Crippen molar-refractivity contribution in [2.24, 2.45) is 5.14 Å². The van der Waals surface area contributed by atoms with Gasteiger partial charge in [-0.25, -0.2) is 13.6 Å². The first-order valence-corrected chi connectivity index (χ1v) is 6.47. The largest absolute Gasteiger partial charge is 0.238 e. The SMILES string of the molecule is [CH2]Cc1cc(CCC)ccc1S(N)(=O)=O. The van der Waals surface area contributed by atoms with Gasteiger partial charge in [0.05, 0.1) is 4.90 Å². The Hall–Kier alpha value is -0.870. The number of sulfonamides is 1. The van der Waals surface area contributed by atoms with Crippen molar-refractivity contribution in [1.82, 2.24) is 0 Å². The molecule has 0 saturated carbocycles. The Labute approximate surface area is 91.4 Å². The molecule has 3 nitrogen and oxygen atoms in total. The van der Waals surface area contributed by atoms with Gasteiger partial charge in [-0.15, -0.1) is 0 Å². The first kappa shape index (κ1) is 12.2. The lowest BCUT2D eigenvalue weighted by atomic mass is 10.1. The predicted molar refractivity (Wildman–Crippen MR) is 60.9 cm³/mol. The summed E-state index contributed by atoms with van der Waals surface area (Å²) in [6, 6.07) is 5.25. The summed E-state index contributed by atoms with van der Waals surface area (Å²) in [4.78, 5) is 0.192. The molecule has 4 heteroatoms. The van der Waals surface area contributed by atoms with Crippen LogP contribution in [-0.2, 0) is 22.9 Å². The molecule has 15 heavy (non-hydrogen) atoms. The smallest absolute Gasteiger partial charge is 0.225 e. The molecule has 0 heterocycles. The van der Waals surface area contributed by atoms with Crippen LogP contribution in [0.2, 0.25) is 0 Å². The number of nitrogens with two attached hydrogens (primary N) is 1. The average molecular weight is 226 g/mol. The minimum atomic E-state index is -3.62. The summed E-state index contributed by atoms with van der Waals surface area (Å²) in [5, 5.41) is 5.10. The van der Waals surface area contributed by atoms with Gasteiger partial charge in [0.1, 0.15) is 0 Å². The average Bonchev–Trinajstić information content (AvgIpc) is 2.16. The van der Waals surface area contributed by atoms with E-state index in [4.69, 9.17) is 5.14 Å². The second kappa shape index (κ2) is 4.77. The van der Waals surface area contributed by atoms with Gasteiger partial charge < -0.3 is 0 Å². The number of primary sulfonamides is 1. The Bertz CT molecular complexity index is 438. The Balaban J connectivity index is 3.21. The van der Waals surface area contributed by atoms with Crippen LogP contribution in [0, 0.1) is 6.92 Å². The number of hydrogen-bond donors (Lipinski definition) is 1. The fraction of sp³-hybridized carbons (Fsp3) is 0.364. The molecule has 0 bridgehead atoms. The Morgan fingerprint density at radius 3 is 2.53 bits per heavy atom. The van der Waals surface area contributed by atoms with Crippen molar-refractivity contribution in [3.63, 3.8) is 0 Å². The highest BCUT2D eigenvalue weighted by molar-refractivity contribution is 7.89. The highest BCUT2D eigenvalue weighted by atomic mass is 32.2. The third-order valence-electron chi connectivity index (χ3n) is 2.24. The van der Waals surface area contributed by atoms with Crippen LogP contribution < -0.4 is 5.14 Å². The van der Waals surface area contributed by atoms with E-state index in [1.54, 1.807) is 6.07 Å². The van der Waals surface area contributed by atoms with Gasteiger partial charge in [-0.3, -0.25) is 0 Å². The second-order valence-electron chi connectivity index (χ2n) is 3.49. The van der Waals surface area contributed by atoms with Crippen LogP contribution in [0.3, 0.4) is 0 Å². The van der Waals surface area contributed by atoms with Gasteiger partial charge in [-0.2, -0.15) is 0 Å². The predicted octanol–water partition coefficient (Wildman–Crippen LogP) is 1.66. The fourth-order valence-electron chi connectivity index (χ4n) is 1.55. The zero-order chi connectivity index (χ0) is 11.5. The quantitative estimate of drug-likeness (QED) is 0.848. The Kier molecular flexibility index (Phi) is 3.88. The van der Waals surface area contributed by atoms with Crippen LogP contribution in [0.4, 0.5) is 0 Å². The fourth-order valence-corrected chi connectivity index (χ4v) is 2.33. The lowest BCUT2D eigenvalue weighted by Crippen LogP contribution is -2.14. The maximum absolute atomic E-state index is 11.2. The van der Waals surface area contributed by atoms with Crippen LogP contribution >= 0.6 is 0 Å². The van der Waals surface area contributed by atoms with E-state index < -0.39 is 10.0 Å². The highest BCUT2D eigenvalue weighted by Crippen LogP contribution is 2.17. The van der Waals surface area contributed by atoms with Gasteiger partial charge >= 0.3 is 0 Å². The number of benzene rings is 1. The molecule has 1 aromatic carbocycles. The van der Waals surface area contributed by atoms with E-state index in [0.717, 1.165) is 18.4 Å². The third-order valence-corrected chi connectivity index (χ3v) is 3.25. The summed E-state index contributed by atoms with van der Waals surface area (Å²) >= 11 is 0. The van der Waals surface area contributed by atoms with Crippen molar-refractivity contribution in [3.8, 4) is 0 Å². The van der Waals surface area contributed by atoms with Gasteiger partial charge in [-0.1, -0.05) is 25.5 Å². The van der Waals surface area contributed by atoms with Crippen molar-refractivity contribution >= 4 is 10.0 Å². The summed E-state index contributed by atoms with van der Waals surface area (Å²) in [5.74, 6) is 0. The van der Waals surface area contributed by atoms with Crippen LogP contribution in [0.15, 0.2) is 23.1 Å². The standard InChI is InChI=1S/C11H16NO2S/c1-3-5-9-6-7-11(15(12,13)14)10(4-2)8-9/h6-8H,2-5H2,1H3,(H2,12,13,14). The van der Waals surface area contributed by atoms with Gasteiger partial charge in [0.15, 0.2) is 0 Å². The molecule has 0 amide bonds. The van der Waals surface area contributed by atoms with Crippen molar-refractivity contribution < 1.29 is 8.42 Å². The maximum Gasteiger partial charge on any atom is 0.238 e. The first-order valence-electron chi connectivity index (χ1n) is 4.93. The van der Waals surface area contributed by atoms with Gasteiger partial charge in [0, 0.05) is 0 Å². The summed E-state index contributed by atoms with van der Waals surface area (Å²) in [6.07, 6.45) is 2.41. The minimum Gasteiger partial charge on any atom is -0.225 e. The van der Waals surface area contributed by atoms with E-state index >= 15 is 0 Å². The molecule has 1 aromatic rings.